The number of esters is 1. The van der Waals surface area contributed by atoms with E-state index < -0.39 is 6.04 Å². The van der Waals surface area contributed by atoms with E-state index in [-0.39, 0.29) is 12.6 Å². The Hall–Kier alpha value is -1.04. The van der Waals surface area contributed by atoms with Crippen LogP contribution in [0.25, 0.3) is 0 Å². The van der Waals surface area contributed by atoms with Crippen molar-refractivity contribution in [3.05, 3.63) is 22.3 Å². The number of aromatic nitrogens is 1. The molecule has 0 amide bonds. The normalized spacial score (nSPS) is 19.7. The van der Waals surface area contributed by atoms with Crippen molar-refractivity contribution in [2.45, 2.75) is 6.04 Å². The molecular weight excluding hydrogens is 279 g/mol. The summed E-state index contributed by atoms with van der Waals surface area (Å²) in [5.74, 6) is 0.141. The number of carbonyl (C=O) groups excluding carboxylic acids is 1. The minimum absolute atomic E-state index is 0.257. The Kier molecular flexibility index (Phi) is 4.27. The lowest BCUT2D eigenvalue weighted by Crippen LogP contribution is -2.51. The van der Waals surface area contributed by atoms with Gasteiger partial charge in [0.1, 0.15) is 5.82 Å². The Morgan fingerprint density at radius 1 is 1.61 bits per heavy atom. The van der Waals surface area contributed by atoms with Gasteiger partial charge in [0.2, 0.25) is 0 Å². The summed E-state index contributed by atoms with van der Waals surface area (Å²) >= 11 is 11.9. The van der Waals surface area contributed by atoms with Gasteiger partial charge in [0.15, 0.2) is 6.04 Å². The molecule has 1 aliphatic rings. The highest BCUT2D eigenvalue weighted by atomic mass is 35.5. The van der Waals surface area contributed by atoms with E-state index in [4.69, 9.17) is 32.7 Å². The summed E-state index contributed by atoms with van der Waals surface area (Å²) in [7, 11) is 1.34. The maximum absolute atomic E-state index is 11.7. The number of anilines is 1. The van der Waals surface area contributed by atoms with E-state index in [9.17, 15) is 4.79 Å². The molecule has 1 fully saturated rings. The number of hydrogen-bond donors (Lipinski definition) is 0. The number of ether oxygens (including phenoxy) is 2. The highest BCUT2D eigenvalue weighted by Gasteiger charge is 2.32. The van der Waals surface area contributed by atoms with Crippen LogP contribution in [0.15, 0.2) is 12.3 Å². The largest absolute Gasteiger partial charge is 0.467 e. The van der Waals surface area contributed by atoms with E-state index in [0.29, 0.717) is 29.0 Å². The number of rotatable bonds is 2. The van der Waals surface area contributed by atoms with Crippen LogP contribution in [0.1, 0.15) is 0 Å². The maximum atomic E-state index is 11.7. The van der Waals surface area contributed by atoms with Crippen LogP contribution in [0.3, 0.4) is 0 Å². The van der Waals surface area contributed by atoms with Gasteiger partial charge in [0.05, 0.1) is 30.4 Å². The zero-order valence-corrected chi connectivity index (χ0v) is 11.2. The Morgan fingerprint density at radius 3 is 3.06 bits per heavy atom. The van der Waals surface area contributed by atoms with Gasteiger partial charge < -0.3 is 14.4 Å². The Balaban J connectivity index is 2.30. The summed E-state index contributed by atoms with van der Waals surface area (Å²) in [5, 5.41) is 0.852. The molecule has 0 radical (unpaired) electrons. The molecule has 98 valence electrons. The number of nitrogens with zero attached hydrogens (tertiary/aromatic N) is 2. The quantitative estimate of drug-likeness (QED) is 0.777. The fourth-order valence-corrected chi connectivity index (χ4v) is 2.30. The lowest BCUT2D eigenvalue weighted by Gasteiger charge is -2.34. The average Bonchev–Trinajstić information content (AvgIpc) is 2.38. The molecule has 0 spiro atoms. The van der Waals surface area contributed by atoms with Gasteiger partial charge in [0.25, 0.3) is 0 Å². The third kappa shape index (κ3) is 2.68. The van der Waals surface area contributed by atoms with E-state index in [0.717, 1.165) is 0 Å². The van der Waals surface area contributed by atoms with Gasteiger partial charge in [0, 0.05) is 12.7 Å². The average molecular weight is 291 g/mol. The van der Waals surface area contributed by atoms with Gasteiger partial charge in [-0.15, -0.1) is 0 Å². The molecule has 0 aliphatic carbocycles. The molecule has 7 heteroatoms. The van der Waals surface area contributed by atoms with Crippen molar-refractivity contribution in [3.8, 4) is 0 Å². The van der Waals surface area contributed by atoms with Crippen LogP contribution in [0.5, 0.6) is 0 Å². The van der Waals surface area contributed by atoms with Crippen LogP contribution < -0.4 is 4.90 Å². The van der Waals surface area contributed by atoms with Crippen LogP contribution in [-0.4, -0.2) is 43.9 Å². The molecule has 0 aromatic carbocycles. The lowest BCUT2D eigenvalue weighted by molar-refractivity contribution is -0.144. The second-order valence-corrected chi connectivity index (χ2v) is 4.61. The summed E-state index contributed by atoms with van der Waals surface area (Å²) in [6.45, 7) is 1.29. The molecule has 1 saturated heterocycles. The monoisotopic (exact) mass is 290 g/mol. The van der Waals surface area contributed by atoms with Gasteiger partial charge in [-0.2, -0.15) is 0 Å². The fraction of sp³-hybridized carbons (Fsp3) is 0.455. The van der Waals surface area contributed by atoms with Gasteiger partial charge >= 0.3 is 5.97 Å². The van der Waals surface area contributed by atoms with Gasteiger partial charge in [-0.3, -0.25) is 0 Å². The van der Waals surface area contributed by atoms with Crippen molar-refractivity contribution in [1.29, 1.82) is 0 Å². The van der Waals surface area contributed by atoms with Gasteiger partial charge in [-0.1, -0.05) is 23.2 Å². The van der Waals surface area contributed by atoms with Crippen molar-refractivity contribution in [1.82, 2.24) is 4.98 Å². The van der Waals surface area contributed by atoms with Crippen molar-refractivity contribution in [2.24, 2.45) is 0 Å². The van der Waals surface area contributed by atoms with Crippen LogP contribution in [0.4, 0.5) is 5.82 Å². The molecule has 0 N–H and O–H groups in total. The molecule has 5 nitrogen and oxygen atoms in total. The van der Waals surface area contributed by atoms with E-state index >= 15 is 0 Å². The fourth-order valence-electron chi connectivity index (χ4n) is 1.81. The molecule has 2 heterocycles. The Labute approximate surface area is 115 Å². The summed E-state index contributed by atoms with van der Waals surface area (Å²) in [6, 6.07) is 1.06. The van der Waals surface area contributed by atoms with Crippen molar-refractivity contribution >= 4 is 35.0 Å². The van der Waals surface area contributed by atoms with Crippen LogP contribution in [0.2, 0.25) is 10.0 Å². The third-order valence-corrected chi connectivity index (χ3v) is 3.15. The molecule has 18 heavy (non-hydrogen) atoms. The smallest absolute Gasteiger partial charge is 0.330 e. The molecule has 1 aliphatic heterocycles. The molecule has 0 bridgehead atoms. The van der Waals surface area contributed by atoms with Crippen molar-refractivity contribution in [2.75, 3.05) is 31.8 Å². The first-order chi connectivity index (χ1) is 8.63. The van der Waals surface area contributed by atoms with Crippen LogP contribution in [-0.2, 0) is 14.3 Å². The van der Waals surface area contributed by atoms with E-state index in [1.54, 1.807) is 11.0 Å². The molecule has 1 unspecified atom stereocenters. The molecule has 1 aromatic rings. The highest BCUT2D eigenvalue weighted by molar-refractivity contribution is 6.36. The molecule has 1 atom stereocenters. The minimum atomic E-state index is -0.532. The predicted octanol–water partition coefficient (Wildman–Crippen LogP) is 1.77. The molecule has 2 rings (SSSR count). The third-order valence-electron chi connectivity index (χ3n) is 2.66. The maximum Gasteiger partial charge on any atom is 0.330 e. The predicted molar refractivity (Wildman–Crippen MR) is 68.2 cm³/mol. The Bertz CT molecular complexity index is 456. The molecule has 1 aromatic heterocycles. The van der Waals surface area contributed by atoms with Crippen LogP contribution >= 0.6 is 23.2 Å². The first kappa shape index (κ1) is 13.4. The number of hydrogen-bond acceptors (Lipinski definition) is 5. The lowest BCUT2D eigenvalue weighted by atomic mass is 10.2. The van der Waals surface area contributed by atoms with Crippen molar-refractivity contribution in [3.63, 3.8) is 0 Å². The molecular formula is C11H12Cl2N2O3. The summed E-state index contributed by atoms with van der Waals surface area (Å²) in [4.78, 5) is 17.6. The van der Waals surface area contributed by atoms with E-state index in [1.807, 2.05) is 0 Å². The SMILES string of the molecule is COC(=O)C1COCCN1c1ncc(Cl)cc1Cl. The zero-order chi connectivity index (χ0) is 13.1. The van der Waals surface area contributed by atoms with E-state index in [1.165, 1.54) is 13.3 Å². The first-order valence-corrected chi connectivity index (χ1v) is 6.12. The number of halogens is 2. The summed E-state index contributed by atoms with van der Waals surface area (Å²) in [6.07, 6.45) is 1.49. The summed E-state index contributed by atoms with van der Waals surface area (Å²) in [5.41, 5.74) is 0. The molecule has 0 saturated carbocycles. The van der Waals surface area contributed by atoms with Crippen molar-refractivity contribution < 1.29 is 14.3 Å². The zero-order valence-electron chi connectivity index (χ0n) is 9.73. The highest BCUT2D eigenvalue weighted by Crippen LogP contribution is 2.28. The number of morpholine rings is 1. The topological polar surface area (TPSA) is 51.7 Å². The second-order valence-electron chi connectivity index (χ2n) is 3.77. The number of methoxy groups -OCH3 is 1. The number of carbonyl (C=O) groups is 1. The second kappa shape index (κ2) is 5.73. The Morgan fingerprint density at radius 2 is 2.39 bits per heavy atom. The first-order valence-electron chi connectivity index (χ1n) is 5.36. The van der Waals surface area contributed by atoms with Crippen LogP contribution in [0, 0.1) is 0 Å². The standard InChI is InChI=1S/C11H12Cl2N2O3/c1-17-11(16)9-6-18-3-2-15(9)10-8(13)4-7(12)5-14-10/h4-5,9H,2-3,6H2,1H3. The van der Waals surface area contributed by atoms with E-state index in [2.05, 4.69) is 4.98 Å². The van der Waals surface area contributed by atoms with Gasteiger partial charge in [-0.25, -0.2) is 9.78 Å². The minimum Gasteiger partial charge on any atom is -0.467 e. The van der Waals surface area contributed by atoms with Gasteiger partial charge in [-0.05, 0) is 6.07 Å². The number of pyridine rings is 1. The summed E-state index contributed by atoms with van der Waals surface area (Å²) < 4.78 is 10.0.